The largest absolute Gasteiger partial charge is 0.513 e. The van der Waals surface area contributed by atoms with E-state index in [1.807, 2.05) is 13.8 Å². The molecule has 0 heterocycles. The molecule has 0 saturated heterocycles. The third kappa shape index (κ3) is 34.6. The van der Waals surface area contributed by atoms with Crippen LogP contribution in [0.25, 0.3) is 0 Å². The molecule has 2 aromatic carbocycles. The molecule has 0 fully saturated rings. The fourth-order valence-electron chi connectivity index (χ4n) is 6.81. The number of carbonyl (C=O) groups excluding carboxylic acids is 7. The van der Waals surface area contributed by atoms with Crippen molar-refractivity contribution in [2.24, 2.45) is 5.92 Å². The monoisotopic (exact) mass is 956 g/mol. The number of nitrogens with one attached hydrogen (secondary N) is 3. The maximum absolute atomic E-state index is 12.1. The van der Waals surface area contributed by atoms with Crippen molar-refractivity contribution in [3.05, 3.63) is 59.7 Å². The van der Waals surface area contributed by atoms with Crippen molar-refractivity contribution in [2.75, 3.05) is 27.3 Å². The molecule has 68 heavy (non-hydrogen) atoms. The number of ether oxygens (including phenoxy) is 6. The van der Waals surface area contributed by atoms with Gasteiger partial charge >= 0.3 is 24.5 Å². The smallest absolute Gasteiger partial charge is 0.445 e. The van der Waals surface area contributed by atoms with Gasteiger partial charge in [-0.2, -0.15) is 0 Å². The molecule has 1 atom stereocenters. The predicted octanol–water partition coefficient (Wildman–Crippen LogP) is 11.6. The number of methoxy groups -OCH3 is 2. The molecule has 16 heteroatoms. The number of carbonyl (C=O) groups is 7. The summed E-state index contributed by atoms with van der Waals surface area (Å²) >= 11 is 0. The number of Topliss-reactive ketones (excluding diaryl/α,β-unsaturated/α-hetero) is 2. The average Bonchev–Trinajstić information content (AvgIpc) is 3.31. The van der Waals surface area contributed by atoms with Crippen molar-refractivity contribution in [3.8, 4) is 11.5 Å². The van der Waals surface area contributed by atoms with Gasteiger partial charge in [0.15, 0.2) is 5.78 Å². The van der Waals surface area contributed by atoms with Gasteiger partial charge in [-0.05, 0) is 87.3 Å². The zero-order chi connectivity index (χ0) is 50.2. The van der Waals surface area contributed by atoms with Crippen molar-refractivity contribution in [3.63, 3.8) is 0 Å². The SMILES string of the molecule is COC(=O)Oc1ccc(COC(=O)NCCCCCCCCCCCC(=O)NC(CC(C)C)C(C)=O)cc1.COC(=O)Oc1ccc(COC(=O)NCCCCCCCCCCCC(C)=O)cc1. The lowest BCUT2D eigenvalue weighted by Crippen LogP contribution is -2.40. The van der Waals surface area contributed by atoms with E-state index in [2.05, 4.69) is 25.4 Å². The Balaban J connectivity index is 0.000000699. The molecule has 16 nitrogen and oxygen atoms in total. The molecular weight excluding hydrogens is 875 g/mol. The number of amides is 3. The number of alkyl carbamates (subject to hydrolysis) is 2. The molecule has 3 N–H and O–H groups in total. The molecule has 2 rings (SSSR count). The fraction of sp³-hybridized carbons (Fsp3) is 0.635. The van der Waals surface area contributed by atoms with Crippen molar-refractivity contribution >= 4 is 42.0 Å². The summed E-state index contributed by atoms with van der Waals surface area (Å²) in [5.74, 6) is 1.37. The van der Waals surface area contributed by atoms with Gasteiger partial charge in [0.2, 0.25) is 5.91 Å². The van der Waals surface area contributed by atoms with E-state index in [0.29, 0.717) is 49.8 Å². The third-order valence-electron chi connectivity index (χ3n) is 10.7. The zero-order valence-electron chi connectivity index (χ0n) is 41.8. The predicted molar refractivity (Wildman–Crippen MR) is 260 cm³/mol. The Morgan fingerprint density at radius 2 is 0.838 bits per heavy atom. The van der Waals surface area contributed by atoms with Crippen molar-refractivity contribution < 1.29 is 62.0 Å². The quantitative estimate of drug-likeness (QED) is 0.0258. The first-order valence-electron chi connectivity index (χ1n) is 24.5. The van der Waals surface area contributed by atoms with Crippen LogP contribution in [0.2, 0.25) is 0 Å². The van der Waals surface area contributed by atoms with Gasteiger partial charge in [0.1, 0.15) is 30.5 Å². The second-order valence-electron chi connectivity index (χ2n) is 17.3. The minimum Gasteiger partial charge on any atom is -0.445 e. The van der Waals surface area contributed by atoms with E-state index in [1.165, 1.54) is 59.7 Å². The topological polar surface area (TPSA) is 211 Å². The van der Waals surface area contributed by atoms with Gasteiger partial charge in [-0.25, -0.2) is 19.2 Å². The number of benzene rings is 2. The molecule has 3 amide bonds. The van der Waals surface area contributed by atoms with Crippen LogP contribution in [-0.4, -0.2) is 75.3 Å². The standard InChI is InChI=1S/C29H46N2O7.C23H35NO6/c1-22(2)20-26(23(3)32)31-27(33)14-12-10-8-6-5-7-9-11-13-19-30-28(34)37-21-24-15-17-25(18-16-24)38-29(35)36-4;1-19(25)12-10-8-6-4-3-5-7-9-11-17-24-22(26)29-18-20-13-15-21(16-14-20)30-23(27)28-2/h15-18,22,26H,5-14,19-21H2,1-4H3,(H,30,34)(H,31,33);13-16H,3-12,17-18H2,1-2H3,(H,24,26). The van der Waals surface area contributed by atoms with Gasteiger partial charge in [-0.3, -0.25) is 9.59 Å². The molecule has 0 aliphatic rings. The molecular formula is C52H81N3O13. The van der Waals surface area contributed by atoms with Gasteiger partial charge in [0.25, 0.3) is 0 Å². The average molecular weight is 956 g/mol. The van der Waals surface area contributed by atoms with Crippen LogP contribution in [0.3, 0.4) is 0 Å². The molecule has 1 unspecified atom stereocenters. The van der Waals surface area contributed by atoms with Crippen LogP contribution in [0.15, 0.2) is 48.5 Å². The van der Waals surface area contributed by atoms with Gasteiger partial charge < -0.3 is 49.2 Å². The molecule has 0 aliphatic carbocycles. The van der Waals surface area contributed by atoms with E-state index in [1.54, 1.807) is 55.5 Å². The Kier molecular flexibility index (Phi) is 34.9. The minimum atomic E-state index is -0.787. The number of rotatable bonds is 34. The van der Waals surface area contributed by atoms with Crippen LogP contribution >= 0.6 is 0 Å². The van der Waals surface area contributed by atoms with Gasteiger partial charge in [-0.1, -0.05) is 128 Å². The lowest BCUT2D eigenvalue weighted by Gasteiger charge is -2.17. The van der Waals surface area contributed by atoms with E-state index < -0.39 is 24.5 Å². The Hall–Kier alpha value is -5.67. The van der Waals surface area contributed by atoms with Gasteiger partial charge in [0.05, 0.1) is 20.3 Å². The highest BCUT2D eigenvalue weighted by molar-refractivity contribution is 5.87. The third-order valence-corrected chi connectivity index (χ3v) is 10.7. The molecule has 0 aliphatic heterocycles. The first-order chi connectivity index (χ1) is 32.7. The Morgan fingerprint density at radius 1 is 0.485 bits per heavy atom. The lowest BCUT2D eigenvalue weighted by molar-refractivity contribution is -0.127. The second-order valence-corrected chi connectivity index (χ2v) is 17.3. The lowest BCUT2D eigenvalue weighted by atomic mass is 10.0. The van der Waals surface area contributed by atoms with Crippen LogP contribution in [0, 0.1) is 5.92 Å². The summed E-state index contributed by atoms with van der Waals surface area (Å²) in [7, 11) is 2.48. The van der Waals surface area contributed by atoms with Crippen LogP contribution < -0.4 is 25.4 Å². The second kappa shape index (κ2) is 39.3. The first kappa shape index (κ1) is 60.3. The molecule has 382 valence electrons. The summed E-state index contributed by atoms with van der Waals surface area (Å²) in [5, 5.41) is 8.39. The van der Waals surface area contributed by atoms with Crippen molar-refractivity contribution in [1.29, 1.82) is 0 Å². The Labute approximate surface area is 405 Å². The number of ketones is 2. The van der Waals surface area contributed by atoms with E-state index in [9.17, 15) is 33.6 Å². The summed E-state index contributed by atoms with van der Waals surface area (Å²) in [6.07, 6.45) is 19.3. The number of unbranched alkanes of at least 4 members (excludes halogenated alkanes) is 16. The minimum absolute atomic E-state index is 0.0236. The van der Waals surface area contributed by atoms with Crippen LogP contribution in [-0.2, 0) is 46.5 Å². The summed E-state index contributed by atoms with van der Waals surface area (Å²) in [5.41, 5.74) is 1.58. The van der Waals surface area contributed by atoms with E-state index in [0.717, 1.165) is 88.2 Å². The maximum Gasteiger partial charge on any atom is 0.513 e. The molecule has 0 spiro atoms. The first-order valence-corrected chi connectivity index (χ1v) is 24.5. The molecule has 0 saturated carbocycles. The summed E-state index contributed by atoms with van der Waals surface area (Å²) in [4.78, 5) is 80.2. The highest BCUT2D eigenvalue weighted by Gasteiger charge is 2.18. The van der Waals surface area contributed by atoms with E-state index in [4.69, 9.17) is 18.9 Å². The van der Waals surface area contributed by atoms with Crippen molar-refractivity contribution in [2.45, 2.75) is 182 Å². The van der Waals surface area contributed by atoms with Gasteiger partial charge in [-0.15, -0.1) is 0 Å². The normalized spacial score (nSPS) is 11.0. The molecule has 0 aromatic heterocycles. The van der Waals surface area contributed by atoms with Crippen LogP contribution in [0.5, 0.6) is 11.5 Å². The molecule has 2 aromatic rings. The molecule has 0 radical (unpaired) electrons. The van der Waals surface area contributed by atoms with E-state index in [-0.39, 0.29) is 36.7 Å². The Morgan fingerprint density at radius 3 is 1.18 bits per heavy atom. The van der Waals surface area contributed by atoms with E-state index >= 15 is 0 Å². The summed E-state index contributed by atoms with van der Waals surface area (Å²) in [6.45, 7) is 8.75. The fourth-order valence-corrected chi connectivity index (χ4v) is 6.81. The summed E-state index contributed by atoms with van der Waals surface area (Å²) in [6, 6.07) is 12.9. The van der Waals surface area contributed by atoms with Crippen LogP contribution in [0.1, 0.15) is 174 Å². The summed E-state index contributed by atoms with van der Waals surface area (Å²) < 4.78 is 29.0. The highest BCUT2D eigenvalue weighted by atomic mass is 16.7. The Bertz CT molecular complexity index is 1720. The highest BCUT2D eigenvalue weighted by Crippen LogP contribution is 2.16. The zero-order valence-corrected chi connectivity index (χ0v) is 41.8. The van der Waals surface area contributed by atoms with Crippen molar-refractivity contribution in [1.82, 2.24) is 16.0 Å². The number of hydrogen-bond donors (Lipinski definition) is 3. The maximum atomic E-state index is 12.1. The van der Waals surface area contributed by atoms with Gasteiger partial charge in [0, 0.05) is 25.9 Å². The molecule has 0 bridgehead atoms. The van der Waals surface area contributed by atoms with Crippen LogP contribution in [0.4, 0.5) is 19.2 Å². The number of hydrogen-bond acceptors (Lipinski definition) is 13.